The number of hydrogen-bond acceptors (Lipinski definition) is 2. The van der Waals surface area contributed by atoms with E-state index in [1.165, 1.54) is 18.4 Å². The van der Waals surface area contributed by atoms with Gasteiger partial charge < -0.3 is 10.6 Å². The molecule has 2 aliphatic rings. The van der Waals surface area contributed by atoms with Gasteiger partial charge in [-0.15, -0.1) is 0 Å². The SMILES string of the molecule is CN(CCc1ccc(Br)cc1)C(=O)C1C2CCC(C2)C1N. The Labute approximate surface area is 135 Å². The number of fused-ring (bicyclic) bond motifs is 2. The molecule has 0 spiro atoms. The Kier molecular flexibility index (Phi) is 4.36. The first-order valence-corrected chi connectivity index (χ1v) is 8.60. The number of carbonyl (C=O) groups is 1. The zero-order valence-corrected chi connectivity index (χ0v) is 14.1. The minimum Gasteiger partial charge on any atom is -0.345 e. The molecule has 114 valence electrons. The fraction of sp³-hybridized carbons (Fsp3) is 0.588. The van der Waals surface area contributed by atoms with Gasteiger partial charge in [-0.3, -0.25) is 4.79 Å². The molecular formula is C17H23BrN2O. The first-order valence-electron chi connectivity index (χ1n) is 7.81. The molecule has 0 aromatic heterocycles. The van der Waals surface area contributed by atoms with Gasteiger partial charge in [0.15, 0.2) is 0 Å². The third-order valence-electron chi connectivity index (χ3n) is 5.29. The van der Waals surface area contributed by atoms with E-state index in [4.69, 9.17) is 5.73 Å². The number of hydrogen-bond donors (Lipinski definition) is 1. The summed E-state index contributed by atoms with van der Waals surface area (Å²) in [6.45, 7) is 0.765. The van der Waals surface area contributed by atoms with Crippen molar-refractivity contribution in [1.82, 2.24) is 4.90 Å². The van der Waals surface area contributed by atoms with Crippen LogP contribution in [0.2, 0.25) is 0 Å². The summed E-state index contributed by atoms with van der Waals surface area (Å²) in [5.41, 5.74) is 7.53. The average molecular weight is 351 g/mol. The van der Waals surface area contributed by atoms with Gasteiger partial charge in [0.25, 0.3) is 0 Å². The lowest BCUT2D eigenvalue weighted by Gasteiger charge is -2.30. The smallest absolute Gasteiger partial charge is 0.227 e. The van der Waals surface area contributed by atoms with Gasteiger partial charge in [0.1, 0.15) is 0 Å². The van der Waals surface area contributed by atoms with Crippen LogP contribution < -0.4 is 5.73 Å². The first-order chi connectivity index (χ1) is 10.1. The maximum absolute atomic E-state index is 12.7. The van der Waals surface area contributed by atoms with Crippen molar-refractivity contribution in [2.75, 3.05) is 13.6 Å². The monoisotopic (exact) mass is 350 g/mol. The summed E-state index contributed by atoms with van der Waals surface area (Å²) in [5, 5.41) is 0. The Morgan fingerprint density at radius 3 is 2.57 bits per heavy atom. The van der Waals surface area contributed by atoms with Gasteiger partial charge in [0, 0.05) is 24.1 Å². The van der Waals surface area contributed by atoms with Crippen LogP contribution in [0.15, 0.2) is 28.7 Å². The zero-order chi connectivity index (χ0) is 15.0. The number of nitrogens with two attached hydrogens (primary N) is 1. The van der Waals surface area contributed by atoms with Crippen LogP contribution in [0.5, 0.6) is 0 Å². The summed E-state index contributed by atoms with van der Waals surface area (Å²) >= 11 is 3.44. The summed E-state index contributed by atoms with van der Waals surface area (Å²) in [6, 6.07) is 8.38. The van der Waals surface area contributed by atoms with E-state index in [0.717, 1.165) is 23.9 Å². The molecule has 3 rings (SSSR count). The van der Waals surface area contributed by atoms with E-state index in [-0.39, 0.29) is 17.9 Å². The summed E-state index contributed by atoms with van der Waals surface area (Å²) in [6.07, 6.45) is 4.47. The van der Waals surface area contributed by atoms with E-state index in [9.17, 15) is 4.79 Å². The van der Waals surface area contributed by atoms with Gasteiger partial charge in [0.05, 0.1) is 5.92 Å². The number of carbonyl (C=O) groups excluding carboxylic acids is 1. The van der Waals surface area contributed by atoms with Gasteiger partial charge in [-0.25, -0.2) is 0 Å². The standard InChI is InChI=1S/C17H23BrN2O/c1-20(9-8-11-2-6-14(18)7-3-11)17(21)15-12-4-5-13(10-12)16(15)19/h2-3,6-7,12-13,15-16H,4-5,8-10,19H2,1H3. The van der Waals surface area contributed by atoms with Crippen molar-refractivity contribution in [2.24, 2.45) is 23.5 Å². The van der Waals surface area contributed by atoms with Crippen molar-refractivity contribution in [3.8, 4) is 0 Å². The second kappa shape index (κ2) is 6.09. The van der Waals surface area contributed by atoms with Crippen LogP contribution in [0.3, 0.4) is 0 Å². The fourth-order valence-electron chi connectivity index (χ4n) is 4.01. The van der Waals surface area contributed by atoms with E-state index < -0.39 is 0 Å². The topological polar surface area (TPSA) is 46.3 Å². The Balaban J connectivity index is 1.56. The van der Waals surface area contributed by atoms with E-state index in [1.54, 1.807) is 0 Å². The number of amides is 1. The predicted molar refractivity (Wildman–Crippen MR) is 87.8 cm³/mol. The van der Waals surface area contributed by atoms with Gasteiger partial charge in [-0.1, -0.05) is 28.1 Å². The number of nitrogens with zero attached hydrogens (tertiary/aromatic N) is 1. The molecule has 4 unspecified atom stereocenters. The van der Waals surface area contributed by atoms with Crippen molar-refractivity contribution >= 4 is 21.8 Å². The lowest BCUT2D eigenvalue weighted by Crippen LogP contribution is -2.46. The van der Waals surface area contributed by atoms with Gasteiger partial charge >= 0.3 is 0 Å². The van der Waals surface area contributed by atoms with Crippen molar-refractivity contribution in [1.29, 1.82) is 0 Å². The van der Waals surface area contributed by atoms with Crippen LogP contribution in [0, 0.1) is 17.8 Å². The fourth-order valence-corrected chi connectivity index (χ4v) is 4.28. The molecule has 3 nitrogen and oxygen atoms in total. The van der Waals surface area contributed by atoms with Crippen LogP contribution in [-0.4, -0.2) is 30.4 Å². The molecule has 2 bridgehead atoms. The quantitative estimate of drug-likeness (QED) is 0.907. The number of benzene rings is 1. The molecular weight excluding hydrogens is 328 g/mol. The highest BCUT2D eigenvalue weighted by Gasteiger charge is 2.49. The molecule has 1 aromatic carbocycles. The molecule has 2 fully saturated rings. The second-order valence-electron chi connectivity index (χ2n) is 6.57. The molecule has 2 saturated carbocycles. The van der Waals surface area contributed by atoms with Crippen molar-refractivity contribution in [3.05, 3.63) is 34.3 Å². The number of likely N-dealkylation sites (N-methyl/N-ethyl adjacent to an activating group) is 1. The average Bonchev–Trinajstić information content (AvgIpc) is 3.06. The molecule has 4 heteroatoms. The largest absolute Gasteiger partial charge is 0.345 e. The van der Waals surface area contributed by atoms with E-state index in [0.29, 0.717) is 11.8 Å². The van der Waals surface area contributed by atoms with E-state index in [2.05, 4.69) is 28.1 Å². The summed E-state index contributed by atoms with van der Waals surface area (Å²) in [7, 11) is 1.92. The highest BCUT2D eigenvalue weighted by Crippen LogP contribution is 2.48. The molecule has 0 radical (unpaired) electrons. The number of halogens is 1. The highest BCUT2D eigenvalue weighted by molar-refractivity contribution is 9.10. The third-order valence-corrected chi connectivity index (χ3v) is 5.82. The highest BCUT2D eigenvalue weighted by atomic mass is 79.9. The van der Waals surface area contributed by atoms with E-state index in [1.807, 2.05) is 24.1 Å². The Hall–Kier alpha value is -0.870. The number of rotatable bonds is 4. The summed E-state index contributed by atoms with van der Waals surface area (Å²) in [4.78, 5) is 14.5. The molecule has 1 amide bonds. The molecule has 1 aromatic rings. The molecule has 0 aliphatic heterocycles. The van der Waals surface area contributed by atoms with Gasteiger partial charge in [-0.2, -0.15) is 0 Å². The molecule has 4 atom stereocenters. The minimum absolute atomic E-state index is 0.0682. The minimum atomic E-state index is 0.0682. The van der Waals surface area contributed by atoms with Crippen LogP contribution in [0.25, 0.3) is 0 Å². The Morgan fingerprint density at radius 1 is 1.29 bits per heavy atom. The molecule has 0 heterocycles. The summed E-state index contributed by atoms with van der Waals surface area (Å²) in [5.74, 6) is 1.45. The maximum Gasteiger partial charge on any atom is 0.227 e. The van der Waals surface area contributed by atoms with E-state index >= 15 is 0 Å². The Morgan fingerprint density at radius 2 is 1.95 bits per heavy atom. The first kappa shape index (κ1) is 15.0. The van der Waals surface area contributed by atoms with Gasteiger partial charge in [-0.05, 0) is 55.2 Å². The summed E-state index contributed by atoms with van der Waals surface area (Å²) < 4.78 is 1.09. The van der Waals surface area contributed by atoms with Crippen molar-refractivity contribution in [3.63, 3.8) is 0 Å². The van der Waals surface area contributed by atoms with Crippen LogP contribution in [0.1, 0.15) is 24.8 Å². The third kappa shape index (κ3) is 3.02. The molecule has 21 heavy (non-hydrogen) atoms. The van der Waals surface area contributed by atoms with Crippen molar-refractivity contribution < 1.29 is 4.79 Å². The van der Waals surface area contributed by atoms with Crippen LogP contribution in [-0.2, 0) is 11.2 Å². The van der Waals surface area contributed by atoms with Gasteiger partial charge in [0.2, 0.25) is 5.91 Å². The Bertz CT molecular complexity index is 514. The molecule has 2 N–H and O–H groups in total. The predicted octanol–water partition coefficient (Wildman–Crippen LogP) is 2.82. The van der Waals surface area contributed by atoms with Crippen molar-refractivity contribution in [2.45, 2.75) is 31.7 Å². The lowest BCUT2D eigenvalue weighted by molar-refractivity contribution is -0.136. The van der Waals surface area contributed by atoms with Crippen LogP contribution >= 0.6 is 15.9 Å². The molecule has 2 aliphatic carbocycles. The normalized spacial score (nSPS) is 30.6. The van der Waals surface area contributed by atoms with Crippen LogP contribution in [0.4, 0.5) is 0 Å². The molecule has 0 saturated heterocycles. The second-order valence-corrected chi connectivity index (χ2v) is 7.49. The zero-order valence-electron chi connectivity index (χ0n) is 12.5. The maximum atomic E-state index is 12.7. The lowest BCUT2D eigenvalue weighted by atomic mass is 9.84.